The van der Waals surface area contributed by atoms with E-state index in [-0.39, 0.29) is 29.4 Å². The molecule has 4 aliphatic rings. The van der Waals surface area contributed by atoms with Gasteiger partial charge in [-0.3, -0.25) is 9.59 Å². The Kier molecular flexibility index (Phi) is 4.49. The first-order valence-electron chi connectivity index (χ1n) is 11.0. The van der Waals surface area contributed by atoms with Crippen LogP contribution in [0.1, 0.15) is 56.4 Å². The minimum Gasteiger partial charge on any atom is -0.489 e. The Morgan fingerprint density at radius 1 is 1.13 bits per heavy atom. The molecule has 4 fully saturated rings. The summed E-state index contributed by atoms with van der Waals surface area (Å²) in [6, 6.07) is 9.59. The van der Waals surface area contributed by atoms with Gasteiger partial charge < -0.3 is 15.8 Å². The maximum absolute atomic E-state index is 13.1. The highest BCUT2D eigenvalue weighted by atomic mass is 16.5. The molecule has 2 atom stereocenters. The molecular formula is C24H29N3O3. The van der Waals surface area contributed by atoms with Crippen LogP contribution in [-0.4, -0.2) is 28.9 Å². The molecule has 0 spiro atoms. The van der Waals surface area contributed by atoms with Crippen LogP contribution in [0, 0.1) is 23.2 Å². The van der Waals surface area contributed by atoms with Gasteiger partial charge in [-0.25, -0.2) is 4.98 Å². The number of aromatic nitrogens is 1. The highest BCUT2D eigenvalue weighted by molar-refractivity contribution is 5.96. The average Bonchev–Trinajstić information content (AvgIpc) is 2.69. The van der Waals surface area contributed by atoms with Crippen LogP contribution in [0.4, 0.5) is 0 Å². The second kappa shape index (κ2) is 6.96. The number of primary amides is 1. The normalized spacial score (nSPS) is 31.8. The number of para-hydroxylation sites is 1. The molecule has 6 heteroatoms. The van der Waals surface area contributed by atoms with E-state index in [1.807, 2.05) is 38.1 Å². The van der Waals surface area contributed by atoms with Crippen LogP contribution in [0.2, 0.25) is 0 Å². The van der Waals surface area contributed by atoms with Crippen LogP contribution in [0.15, 0.2) is 30.3 Å². The molecule has 6 nitrogen and oxygen atoms in total. The number of nitrogens with zero attached hydrogens (tertiary/aromatic N) is 1. The van der Waals surface area contributed by atoms with Gasteiger partial charge in [0.25, 0.3) is 5.91 Å². The summed E-state index contributed by atoms with van der Waals surface area (Å²) in [5.74, 6) is 1.61. The fourth-order valence-corrected chi connectivity index (χ4v) is 6.38. The van der Waals surface area contributed by atoms with E-state index in [1.54, 1.807) is 6.07 Å². The third kappa shape index (κ3) is 3.13. The van der Waals surface area contributed by atoms with Crippen molar-refractivity contribution < 1.29 is 14.3 Å². The molecule has 3 N–H and O–H groups in total. The molecule has 0 radical (unpaired) electrons. The molecule has 1 aromatic carbocycles. The molecule has 2 aromatic rings. The SMILES string of the molecule is CC(C)Oc1cccc2ccc(C(=O)N[C@H]3C4CC5CC3C[C@](C(N)=O)(C5)C4)nc12. The van der Waals surface area contributed by atoms with E-state index in [2.05, 4.69) is 10.3 Å². The molecule has 2 amide bonds. The molecular weight excluding hydrogens is 378 g/mol. The summed E-state index contributed by atoms with van der Waals surface area (Å²) in [5.41, 5.74) is 6.55. The highest BCUT2D eigenvalue weighted by Gasteiger charge is 2.58. The smallest absolute Gasteiger partial charge is 0.270 e. The van der Waals surface area contributed by atoms with Gasteiger partial charge in [-0.15, -0.1) is 0 Å². The van der Waals surface area contributed by atoms with Gasteiger partial charge in [0.2, 0.25) is 5.91 Å². The lowest BCUT2D eigenvalue weighted by molar-refractivity contribution is -0.145. The van der Waals surface area contributed by atoms with Gasteiger partial charge in [0.15, 0.2) is 0 Å². The number of ether oxygens (including phenoxy) is 1. The summed E-state index contributed by atoms with van der Waals surface area (Å²) >= 11 is 0. The summed E-state index contributed by atoms with van der Waals surface area (Å²) < 4.78 is 5.88. The number of benzene rings is 1. The number of hydrogen-bond donors (Lipinski definition) is 2. The number of fused-ring (bicyclic) bond motifs is 1. The second-order valence-corrected chi connectivity index (χ2v) is 9.80. The van der Waals surface area contributed by atoms with Crippen molar-refractivity contribution in [2.75, 3.05) is 0 Å². The first-order valence-corrected chi connectivity index (χ1v) is 11.0. The van der Waals surface area contributed by atoms with Crippen molar-refractivity contribution in [3.63, 3.8) is 0 Å². The fourth-order valence-electron chi connectivity index (χ4n) is 6.38. The summed E-state index contributed by atoms with van der Waals surface area (Å²) in [6.07, 6.45) is 4.72. The van der Waals surface area contributed by atoms with Gasteiger partial charge in [0.05, 0.1) is 6.10 Å². The molecule has 6 rings (SSSR count). The lowest BCUT2D eigenvalue weighted by Crippen LogP contribution is -2.62. The van der Waals surface area contributed by atoms with Gasteiger partial charge in [0.1, 0.15) is 17.0 Å². The van der Waals surface area contributed by atoms with Crippen molar-refractivity contribution in [2.45, 2.75) is 58.1 Å². The molecule has 0 saturated heterocycles. The number of rotatable bonds is 5. The van der Waals surface area contributed by atoms with Crippen LogP contribution < -0.4 is 15.8 Å². The fraction of sp³-hybridized carbons (Fsp3) is 0.542. The van der Waals surface area contributed by atoms with Gasteiger partial charge in [-0.2, -0.15) is 0 Å². The zero-order valence-electron chi connectivity index (χ0n) is 17.6. The zero-order chi connectivity index (χ0) is 21.0. The van der Waals surface area contributed by atoms with Crippen molar-refractivity contribution in [1.82, 2.24) is 10.3 Å². The Labute approximate surface area is 176 Å². The Hall–Kier alpha value is -2.63. The molecule has 4 bridgehead atoms. The molecule has 30 heavy (non-hydrogen) atoms. The topological polar surface area (TPSA) is 94.3 Å². The first-order chi connectivity index (χ1) is 14.3. The van der Waals surface area contributed by atoms with Crippen LogP contribution in [0.5, 0.6) is 5.75 Å². The van der Waals surface area contributed by atoms with Crippen molar-refractivity contribution in [2.24, 2.45) is 28.9 Å². The van der Waals surface area contributed by atoms with E-state index in [0.29, 0.717) is 34.7 Å². The molecule has 4 aliphatic carbocycles. The Balaban J connectivity index is 1.38. The van der Waals surface area contributed by atoms with Crippen molar-refractivity contribution in [3.05, 3.63) is 36.0 Å². The van der Waals surface area contributed by atoms with Crippen molar-refractivity contribution in [1.29, 1.82) is 0 Å². The van der Waals surface area contributed by atoms with Crippen molar-refractivity contribution in [3.8, 4) is 5.75 Å². The predicted molar refractivity (Wildman–Crippen MR) is 114 cm³/mol. The van der Waals surface area contributed by atoms with E-state index in [1.165, 1.54) is 0 Å². The third-order valence-corrected chi connectivity index (χ3v) is 7.37. The van der Waals surface area contributed by atoms with E-state index in [0.717, 1.165) is 37.5 Å². The maximum Gasteiger partial charge on any atom is 0.270 e. The van der Waals surface area contributed by atoms with Crippen molar-refractivity contribution >= 4 is 22.7 Å². The molecule has 158 valence electrons. The predicted octanol–water partition coefficient (Wildman–Crippen LogP) is 3.43. The summed E-state index contributed by atoms with van der Waals surface area (Å²) in [7, 11) is 0. The quantitative estimate of drug-likeness (QED) is 0.794. The van der Waals surface area contributed by atoms with E-state index >= 15 is 0 Å². The molecule has 1 heterocycles. The number of nitrogens with one attached hydrogen (secondary N) is 1. The number of carbonyl (C=O) groups excluding carboxylic acids is 2. The number of pyridine rings is 1. The summed E-state index contributed by atoms with van der Waals surface area (Å²) in [6.45, 7) is 3.95. The number of hydrogen-bond acceptors (Lipinski definition) is 4. The maximum atomic E-state index is 13.1. The summed E-state index contributed by atoms with van der Waals surface area (Å²) in [4.78, 5) is 29.9. The number of nitrogens with two attached hydrogens (primary N) is 1. The van der Waals surface area contributed by atoms with E-state index in [4.69, 9.17) is 10.5 Å². The van der Waals surface area contributed by atoms with Gasteiger partial charge >= 0.3 is 0 Å². The van der Waals surface area contributed by atoms with Gasteiger partial charge in [-0.1, -0.05) is 18.2 Å². The van der Waals surface area contributed by atoms with Crippen LogP contribution in [0.25, 0.3) is 10.9 Å². The minimum absolute atomic E-state index is 0.0282. The monoisotopic (exact) mass is 407 g/mol. The Morgan fingerprint density at radius 2 is 1.87 bits per heavy atom. The molecule has 0 aliphatic heterocycles. The third-order valence-electron chi connectivity index (χ3n) is 7.37. The second-order valence-electron chi connectivity index (χ2n) is 9.80. The minimum atomic E-state index is -0.345. The first kappa shape index (κ1) is 19.3. The van der Waals surface area contributed by atoms with Crippen LogP contribution >= 0.6 is 0 Å². The number of amides is 2. The van der Waals surface area contributed by atoms with Crippen LogP contribution in [0.3, 0.4) is 0 Å². The highest BCUT2D eigenvalue weighted by Crippen LogP contribution is 2.59. The van der Waals surface area contributed by atoms with E-state index in [9.17, 15) is 9.59 Å². The molecule has 2 unspecified atom stereocenters. The Bertz CT molecular complexity index is 1000. The Morgan fingerprint density at radius 3 is 2.53 bits per heavy atom. The zero-order valence-corrected chi connectivity index (χ0v) is 17.6. The lowest BCUT2D eigenvalue weighted by Gasteiger charge is -2.58. The van der Waals surface area contributed by atoms with Gasteiger partial charge in [-0.05, 0) is 75.8 Å². The average molecular weight is 408 g/mol. The molecule has 1 aromatic heterocycles. The number of carbonyl (C=O) groups is 2. The lowest BCUT2D eigenvalue weighted by atomic mass is 9.47. The van der Waals surface area contributed by atoms with E-state index < -0.39 is 0 Å². The standard InChI is InChI=1S/C24H29N3O3/c1-13(2)30-19-5-3-4-15-6-7-18(26-21(15)19)22(28)27-20-16-8-14-9-17(20)12-24(10-14,11-16)23(25)29/h3-7,13-14,16-17,20H,8-12H2,1-2H3,(H2,25,29)(H,27,28)/t14?,16?,17?,20-,24-. The van der Waals surface area contributed by atoms with Crippen LogP contribution in [-0.2, 0) is 4.79 Å². The molecule has 4 saturated carbocycles. The largest absolute Gasteiger partial charge is 0.489 e. The van der Waals surface area contributed by atoms with Gasteiger partial charge in [0, 0.05) is 16.8 Å². The summed E-state index contributed by atoms with van der Waals surface area (Å²) in [5, 5.41) is 4.21.